The van der Waals surface area contributed by atoms with Crippen molar-refractivity contribution in [3.63, 3.8) is 0 Å². The molecule has 0 saturated carbocycles. The van der Waals surface area contributed by atoms with Crippen molar-refractivity contribution in [2.75, 3.05) is 0 Å². The first-order chi connectivity index (χ1) is 9.38. The summed E-state index contributed by atoms with van der Waals surface area (Å²) in [6, 6.07) is 3.18. The number of aryl methyl sites for hydroxylation is 2. The Labute approximate surface area is 126 Å². The molecule has 0 saturated heterocycles. The topological polar surface area (TPSA) is 54.9 Å². The quantitative estimate of drug-likeness (QED) is 0.885. The number of aromatic amines is 1. The fourth-order valence-electron chi connectivity index (χ4n) is 2.19. The molecule has 0 spiro atoms. The molecule has 0 atom stereocenters. The number of nitrogens with zero attached hydrogens (tertiary/aromatic N) is 1. The third kappa shape index (κ3) is 2.30. The second kappa shape index (κ2) is 5.46. The van der Waals surface area contributed by atoms with Gasteiger partial charge in [0.05, 0.1) is 5.02 Å². The molecule has 0 radical (unpaired) electrons. The van der Waals surface area contributed by atoms with E-state index in [4.69, 9.17) is 23.2 Å². The molecule has 0 unspecified atom stereocenters. The number of aromatic nitrogens is 2. The van der Waals surface area contributed by atoms with Crippen LogP contribution < -0.4 is 5.56 Å². The van der Waals surface area contributed by atoms with E-state index in [1.807, 2.05) is 6.92 Å². The summed E-state index contributed by atoms with van der Waals surface area (Å²) in [7, 11) is 1.56. The second-order valence-corrected chi connectivity index (χ2v) is 5.33. The van der Waals surface area contributed by atoms with Gasteiger partial charge in [0.15, 0.2) is 0 Å². The average molecular weight is 313 g/mol. The van der Waals surface area contributed by atoms with Gasteiger partial charge < -0.3 is 0 Å². The van der Waals surface area contributed by atoms with Crippen LogP contribution in [0.15, 0.2) is 16.9 Å². The van der Waals surface area contributed by atoms with E-state index in [1.165, 1.54) is 4.68 Å². The van der Waals surface area contributed by atoms with Crippen molar-refractivity contribution in [3.8, 4) is 0 Å². The standard InChI is InChI=1S/C14H14Cl2N2O2/c1-4-8-10(15)6-5-9(12(8)16)13(19)11-7(2)17-18(3)14(11)20/h5-6,17H,4H2,1-3H3. The lowest BCUT2D eigenvalue weighted by Crippen LogP contribution is -2.20. The first-order valence-corrected chi connectivity index (χ1v) is 6.91. The average Bonchev–Trinajstić information content (AvgIpc) is 2.63. The predicted molar refractivity (Wildman–Crippen MR) is 80.0 cm³/mol. The highest BCUT2D eigenvalue weighted by Gasteiger charge is 2.22. The zero-order valence-corrected chi connectivity index (χ0v) is 12.9. The van der Waals surface area contributed by atoms with Gasteiger partial charge in [-0.1, -0.05) is 30.1 Å². The van der Waals surface area contributed by atoms with Crippen molar-refractivity contribution < 1.29 is 4.79 Å². The summed E-state index contributed by atoms with van der Waals surface area (Å²) in [5, 5.41) is 3.63. The molecule has 1 N–H and O–H groups in total. The van der Waals surface area contributed by atoms with E-state index in [1.54, 1.807) is 26.1 Å². The zero-order chi connectivity index (χ0) is 15.0. The molecule has 0 fully saturated rings. The maximum Gasteiger partial charge on any atom is 0.277 e. The predicted octanol–water partition coefficient (Wildman–Crippen LogP) is 3.12. The fraction of sp³-hybridized carbons (Fsp3) is 0.286. The van der Waals surface area contributed by atoms with E-state index in [-0.39, 0.29) is 16.9 Å². The summed E-state index contributed by atoms with van der Waals surface area (Å²) >= 11 is 12.3. The molecule has 0 amide bonds. The molecule has 106 valence electrons. The Bertz CT molecular complexity index is 744. The molecular formula is C14H14Cl2N2O2. The summed E-state index contributed by atoms with van der Waals surface area (Å²) in [5.74, 6) is -0.388. The highest BCUT2D eigenvalue weighted by atomic mass is 35.5. The first-order valence-electron chi connectivity index (χ1n) is 6.15. The van der Waals surface area contributed by atoms with Crippen molar-refractivity contribution in [1.82, 2.24) is 9.78 Å². The van der Waals surface area contributed by atoms with Gasteiger partial charge in [0.2, 0.25) is 5.78 Å². The Balaban J connectivity index is 2.63. The molecule has 0 bridgehead atoms. The van der Waals surface area contributed by atoms with Crippen LogP contribution >= 0.6 is 23.2 Å². The molecule has 0 aliphatic rings. The smallest absolute Gasteiger partial charge is 0.277 e. The van der Waals surface area contributed by atoms with Crippen LogP contribution in [0.1, 0.15) is 34.1 Å². The second-order valence-electron chi connectivity index (χ2n) is 4.55. The van der Waals surface area contributed by atoms with Crippen LogP contribution in [0.25, 0.3) is 0 Å². The van der Waals surface area contributed by atoms with E-state index in [2.05, 4.69) is 5.10 Å². The van der Waals surface area contributed by atoms with Crippen LogP contribution in [0.3, 0.4) is 0 Å². The van der Waals surface area contributed by atoms with Crippen LogP contribution in [0, 0.1) is 6.92 Å². The number of benzene rings is 1. The molecule has 6 heteroatoms. The maximum absolute atomic E-state index is 12.5. The molecule has 1 aromatic carbocycles. The van der Waals surface area contributed by atoms with Gasteiger partial charge in [0.25, 0.3) is 5.56 Å². The van der Waals surface area contributed by atoms with Gasteiger partial charge in [-0.3, -0.25) is 19.4 Å². The number of H-pyrrole nitrogens is 1. The lowest BCUT2D eigenvalue weighted by Gasteiger charge is -2.08. The summed E-state index contributed by atoms with van der Waals surface area (Å²) in [5.41, 5.74) is 1.28. The molecule has 2 rings (SSSR count). The fourth-order valence-corrected chi connectivity index (χ4v) is 2.91. The number of hydrogen-bond acceptors (Lipinski definition) is 2. The van der Waals surface area contributed by atoms with Gasteiger partial charge in [0, 0.05) is 23.3 Å². The van der Waals surface area contributed by atoms with Gasteiger partial charge in [-0.15, -0.1) is 0 Å². The van der Waals surface area contributed by atoms with Crippen molar-refractivity contribution in [2.24, 2.45) is 7.05 Å². The molecule has 2 aromatic rings. The van der Waals surface area contributed by atoms with E-state index in [0.29, 0.717) is 33.3 Å². The molecule has 0 aliphatic carbocycles. The van der Waals surface area contributed by atoms with E-state index < -0.39 is 0 Å². The number of halogens is 2. The number of hydrogen-bond donors (Lipinski definition) is 1. The van der Waals surface area contributed by atoms with E-state index in [9.17, 15) is 9.59 Å². The van der Waals surface area contributed by atoms with Crippen LogP contribution in [-0.4, -0.2) is 15.6 Å². The van der Waals surface area contributed by atoms with Gasteiger partial charge in [0.1, 0.15) is 5.56 Å². The van der Waals surface area contributed by atoms with Crippen LogP contribution in [-0.2, 0) is 13.5 Å². The van der Waals surface area contributed by atoms with Crippen molar-refractivity contribution >= 4 is 29.0 Å². The lowest BCUT2D eigenvalue weighted by atomic mass is 10.0. The normalized spacial score (nSPS) is 10.8. The maximum atomic E-state index is 12.5. The zero-order valence-electron chi connectivity index (χ0n) is 11.4. The first kappa shape index (κ1) is 14.9. The number of rotatable bonds is 3. The minimum atomic E-state index is -0.388. The van der Waals surface area contributed by atoms with Gasteiger partial charge >= 0.3 is 0 Å². The Morgan fingerprint density at radius 3 is 2.50 bits per heavy atom. The van der Waals surface area contributed by atoms with Crippen LogP contribution in [0.5, 0.6) is 0 Å². The van der Waals surface area contributed by atoms with Gasteiger partial charge in [-0.2, -0.15) is 0 Å². The monoisotopic (exact) mass is 312 g/mol. The summed E-state index contributed by atoms with van der Waals surface area (Å²) < 4.78 is 1.27. The van der Waals surface area contributed by atoms with Crippen molar-refractivity contribution in [3.05, 3.63) is 54.9 Å². The Morgan fingerprint density at radius 1 is 1.35 bits per heavy atom. The van der Waals surface area contributed by atoms with Crippen LogP contribution in [0.2, 0.25) is 10.0 Å². The van der Waals surface area contributed by atoms with E-state index in [0.717, 1.165) is 0 Å². The molecule has 20 heavy (non-hydrogen) atoms. The lowest BCUT2D eigenvalue weighted by molar-refractivity contribution is 0.103. The molecule has 1 heterocycles. The molecular weight excluding hydrogens is 299 g/mol. The van der Waals surface area contributed by atoms with Gasteiger partial charge in [-0.25, -0.2) is 0 Å². The highest BCUT2D eigenvalue weighted by Crippen LogP contribution is 2.30. The number of ketones is 1. The molecule has 4 nitrogen and oxygen atoms in total. The Morgan fingerprint density at radius 2 is 2.00 bits per heavy atom. The summed E-state index contributed by atoms with van der Waals surface area (Å²) in [6.07, 6.45) is 0.614. The number of carbonyl (C=O) groups excluding carboxylic acids is 1. The van der Waals surface area contributed by atoms with E-state index >= 15 is 0 Å². The van der Waals surface area contributed by atoms with Gasteiger partial charge in [-0.05, 0) is 31.0 Å². The van der Waals surface area contributed by atoms with Crippen molar-refractivity contribution in [2.45, 2.75) is 20.3 Å². The molecule has 0 aliphatic heterocycles. The minimum Gasteiger partial charge on any atom is -0.299 e. The molecule has 1 aromatic heterocycles. The SMILES string of the molecule is CCc1c(Cl)ccc(C(=O)c2c(C)[nH]n(C)c2=O)c1Cl. The number of carbonyl (C=O) groups is 1. The third-order valence-electron chi connectivity index (χ3n) is 3.24. The Kier molecular flexibility index (Phi) is 4.06. The number of nitrogens with one attached hydrogen (secondary N) is 1. The largest absolute Gasteiger partial charge is 0.299 e. The minimum absolute atomic E-state index is 0.110. The highest BCUT2D eigenvalue weighted by molar-refractivity contribution is 6.38. The Hall–Kier alpha value is -1.52. The van der Waals surface area contributed by atoms with Crippen molar-refractivity contribution in [1.29, 1.82) is 0 Å². The third-order valence-corrected chi connectivity index (χ3v) is 4.03. The summed E-state index contributed by atoms with van der Waals surface area (Å²) in [6.45, 7) is 3.58. The van der Waals surface area contributed by atoms with Crippen LogP contribution in [0.4, 0.5) is 0 Å². The summed E-state index contributed by atoms with van der Waals surface area (Å²) in [4.78, 5) is 24.5.